The molecular formula is C21H22N4O4S. The van der Waals surface area contributed by atoms with Crippen molar-refractivity contribution in [3.8, 4) is 11.4 Å². The molecule has 0 atom stereocenters. The maximum absolute atomic E-state index is 13.1. The summed E-state index contributed by atoms with van der Waals surface area (Å²) in [6.45, 7) is 0. The van der Waals surface area contributed by atoms with E-state index in [1.165, 1.54) is 7.11 Å². The maximum atomic E-state index is 13.1. The van der Waals surface area contributed by atoms with Gasteiger partial charge in [0, 0.05) is 17.7 Å². The number of carbonyl (C=O) groups is 1. The van der Waals surface area contributed by atoms with Gasteiger partial charge in [0.15, 0.2) is 0 Å². The summed E-state index contributed by atoms with van der Waals surface area (Å²) in [4.78, 5) is 13.1. The molecule has 1 aliphatic carbocycles. The van der Waals surface area contributed by atoms with Crippen molar-refractivity contribution in [2.75, 3.05) is 23.4 Å². The van der Waals surface area contributed by atoms with Crippen LogP contribution >= 0.6 is 0 Å². The SMILES string of the molecule is COc1cc(NC(=O)c2cc(C3CC3)nn2-c2ccccc2)ccc1NS(C)(=O)=O. The van der Waals surface area contributed by atoms with E-state index >= 15 is 0 Å². The smallest absolute Gasteiger partial charge is 0.274 e. The van der Waals surface area contributed by atoms with Crippen molar-refractivity contribution in [2.45, 2.75) is 18.8 Å². The van der Waals surface area contributed by atoms with Crippen molar-refractivity contribution in [3.63, 3.8) is 0 Å². The minimum absolute atomic E-state index is 0.295. The van der Waals surface area contributed by atoms with Gasteiger partial charge in [-0.25, -0.2) is 13.1 Å². The normalized spacial score (nSPS) is 13.7. The molecule has 0 saturated heterocycles. The third-order valence-corrected chi connectivity index (χ3v) is 5.30. The monoisotopic (exact) mass is 426 g/mol. The summed E-state index contributed by atoms with van der Waals surface area (Å²) in [5.74, 6) is 0.389. The second kappa shape index (κ2) is 7.83. The van der Waals surface area contributed by atoms with Crippen LogP contribution in [0.4, 0.5) is 11.4 Å². The van der Waals surface area contributed by atoms with E-state index in [2.05, 4.69) is 15.1 Å². The number of rotatable bonds is 7. The first-order chi connectivity index (χ1) is 14.3. The molecule has 2 aromatic carbocycles. The van der Waals surface area contributed by atoms with Crippen LogP contribution in [-0.2, 0) is 10.0 Å². The lowest BCUT2D eigenvalue weighted by molar-refractivity contribution is 0.101. The first-order valence-electron chi connectivity index (χ1n) is 9.46. The number of hydrogen-bond donors (Lipinski definition) is 2. The van der Waals surface area contributed by atoms with E-state index in [0.717, 1.165) is 30.5 Å². The molecule has 1 aromatic heterocycles. The van der Waals surface area contributed by atoms with Gasteiger partial charge in [0.05, 0.1) is 30.4 Å². The van der Waals surface area contributed by atoms with Crippen LogP contribution in [0.3, 0.4) is 0 Å². The minimum Gasteiger partial charge on any atom is -0.494 e. The largest absolute Gasteiger partial charge is 0.494 e. The fraction of sp³-hybridized carbons (Fsp3) is 0.238. The summed E-state index contributed by atoms with van der Waals surface area (Å²) in [5.41, 5.74) is 2.92. The Labute approximate surface area is 174 Å². The lowest BCUT2D eigenvalue weighted by Crippen LogP contribution is -2.17. The van der Waals surface area contributed by atoms with Crippen molar-refractivity contribution in [1.29, 1.82) is 0 Å². The molecular weight excluding hydrogens is 404 g/mol. The van der Waals surface area contributed by atoms with Crippen LogP contribution in [0.1, 0.15) is 34.9 Å². The molecule has 3 aromatic rings. The van der Waals surface area contributed by atoms with Gasteiger partial charge in [-0.05, 0) is 43.2 Å². The van der Waals surface area contributed by atoms with Gasteiger partial charge < -0.3 is 10.1 Å². The Morgan fingerprint density at radius 3 is 2.50 bits per heavy atom. The summed E-state index contributed by atoms with van der Waals surface area (Å²) in [6, 6.07) is 16.0. The Hall–Kier alpha value is -3.33. The van der Waals surface area contributed by atoms with E-state index in [1.54, 1.807) is 22.9 Å². The number of amides is 1. The number of aromatic nitrogens is 2. The number of anilines is 2. The molecule has 156 valence electrons. The highest BCUT2D eigenvalue weighted by Crippen LogP contribution is 2.40. The number of ether oxygens (including phenoxy) is 1. The number of nitrogens with one attached hydrogen (secondary N) is 2. The highest BCUT2D eigenvalue weighted by Gasteiger charge is 2.29. The second-order valence-corrected chi connectivity index (χ2v) is 8.97. The van der Waals surface area contributed by atoms with Gasteiger partial charge in [-0.3, -0.25) is 9.52 Å². The standard InChI is InChI=1S/C21H22N4O4S/c1-29-20-12-15(10-11-17(20)24-30(2,27)28)22-21(26)19-13-18(14-8-9-14)23-25(19)16-6-4-3-5-7-16/h3-7,10-14,24H,8-9H2,1-2H3,(H,22,26). The Morgan fingerprint density at radius 2 is 1.87 bits per heavy atom. The van der Waals surface area contributed by atoms with Gasteiger partial charge in [0.1, 0.15) is 11.4 Å². The van der Waals surface area contributed by atoms with E-state index in [4.69, 9.17) is 4.74 Å². The Kier molecular flexibility index (Phi) is 5.21. The number of methoxy groups -OCH3 is 1. The van der Waals surface area contributed by atoms with Crippen LogP contribution in [0.5, 0.6) is 5.75 Å². The molecule has 4 rings (SSSR count). The van der Waals surface area contributed by atoms with Crippen molar-refractivity contribution in [3.05, 3.63) is 66.0 Å². The van der Waals surface area contributed by atoms with E-state index in [1.807, 2.05) is 36.4 Å². The van der Waals surface area contributed by atoms with Crippen molar-refractivity contribution < 1.29 is 17.9 Å². The lowest BCUT2D eigenvalue weighted by atomic mass is 10.2. The molecule has 0 radical (unpaired) electrons. The van der Waals surface area contributed by atoms with Crippen molar-refractivity contribution >= 4 is 27.3 Å². The predicted octanol–water partition coefficient (Wildman–Crippen LogP) is 3.38. The molecule has 30 heavy (non-hydrogen) atoms. The second-order valence-electron chi connectivity index (χ2n) is 7.22. The average Bonchev–Trinajstić information content (AvgIpc) is 3.47. The van der Waals surface area contributed by atoms with E-state index in [9.17, 15) is 13.2 Å². The summed E-state index contributed by atoms with van der Waals surface area (Å²) in [5, 5.41) is 7.50. The molecule has 1 aliphatic rings. The van der Waals surface area contributed by atoms with Crippen molar-refractivity contribution in [1.82, 2.24) is 9.78 Å². The topological polar surface area (TPSA) is 102 Å². The zero-order chi connectivity index (χ0) is 21.3. The molecule has 0 aliphatic heterocycles. The molecule has 1 heterocycles. The number of benzene rings is 2. The summed E-state index contributed by atoms with van der Waals surface area (Å²) in [7, 11) is -2.02. The Morgan fingerprint density at radius 1 is 1.13 bits per heavy atom. The molecule has 9 heteroatoms. The molecule has 1 amide bonds. The molecule has 2 N–H and O–H groups in total. The average molecular weight is 426 g/mol. The number of nitrogens with zero attached hydrogens (tertiary/aromatic N) is 2. The van der Waals surface area contributed by atoms with Gasteiger partial charge in [0.2, 0.25) is 10.0 Å². The fourth-order valence-electron chi connectivity index (χ4n) is 3.15. The quantitative estimate of drug-likeness (QED) is 0.603. The van der Waals surface area contributed by atoms with Gasteiger partial charge in [-0.2, -0.15) is 5.10 Å². The molecule has 0 unspecified atom stereocenters. The fourth-order valence-corrected chi connectivity index (χ4v) is 3.72. The van der Waals surface area contributed by atoms with Crippen LogP contribution in [0.2, 0.25) is 0 Å². The first-order valence-corrected chi connectivity index (χ1v) is 11.4. The van der Waals surface area contributed by atoms with Gasteiger partial charge in [-0.1, -0.05) is 18.2 Å². The van der Waals surface area contributed by atoms with E-state index in [-0.39, 0.29) is 5.91 Å². The van der Waals surface area contributed by atoms with Gasteiger partial charge in [-0.15, -0.1) is 0 Å². The lowest BCUT2D eigenvalue weighted by Gasteiger charge is -2.13. The Bertz CT molecular complexity index is 1180. The highest BCUT2D eigenvalue weighted by atomic mass is 32.2. The van der Waals surface area contributed by atoms with Crippen LogP contribution in [-0.4, -0.2) is 37.5 Å². The maximum Gasteiger partial charge on any atom is 0.274 e. The highest BCUT2D eigenvalue weighted by molar-refractivity contribution is 7.92. The molecule has 1 saturated carbocycles. The van der Waals surface area contributed by atoms with Crippen LogP contribution in [0.15, 0.2) is 54.6 Å². The van der Waals surface area contributed by atoms with Crippen molar-refractivity contribution in [2.24, 2.45) is 0 Å². The summed E-state index contributed by atoms with van der Waals surface area (Å²) in [6.07, 6.45) is 3.22. The van der Waals surface area contributed by atoms with Gasteiger partial charge in [0.25, 0.3) is 5.91 Å². The summed E-state index contributed by atoms with van der Waals surface area (Å²) >= 11 is 0. The van der Waals surface area contributed by atoms with E-state index < -0.39 is 10.0 Å². The van der Waals surface area contributed by atoms with Crippen LogP contribution < -0.4 is 14.8 Å². The summed E-state index contributed by atoms with van der Waals surface area (Å²) < 4.78 is 32.3. The zero-order valence-corrected chi connectivity index (χ0v) is 17.4. The number of hydrogen-bond acceptors (Lipinski definition) is 5. The third-order valence-electron chi connectivity index (χ3n) is 4.71. The number of carbonyl (C=O) groups excluding carboxylic acids is 1. The number of sulfonamides is 1. The first kappa shape index (κ1) is 20.0. The van der Waals surface area contributed by atoms with Crippen LogP contribution in [0, 0.1) is 0 Å². The number of para-hydroxylation sites is 1. The zero-order valence-electron chi connectivity index (χ0n) is 16.6. The minimum atomic E-state index is -3.45. The Balaban J connectivity index is 1.63. The predicted molar refractivity (Wildman–Crippen MR) is 115 cm³/mol. The van der Waals surface area contributed by atoms with Crippen LogP contribution in [0.25, 0.3) is 5.69 Å². The molecule has 8 nitrogen and oxygen atoms in total. The van der Waals surface area contributed by atoms with Gasteiger partial charge >= 0.3 is 0 Å². The molecule has 0 spiro atoms. The molecule has 0 bridgehead atoms. The van der Waals surface area contributed by atoms with E-state index in [0.29, 0.717) is 28.7 Å². The molecule has 1 fully saturated rings. The third kappa shape index (κ3) is 4.46.